The second-order valence-electron chi connectivity index (χ2n) is 7.76. The molecule has 2 aromatic carbocycles. The van der Waals surface area contributed by atoms with E-state index in [9.17, 15) is 9.59 Å². The molecule has 1 N–H and O–H groups in total. The van der Waals surface area contributed by atoms with Gasteiger partial charge in [-0.25, -0.2) is 0 Å². The monoisotopic (exact) mass is 444 g/mol. The van der Waals surface area contributed by atoms with E-state index < -0.39 is 5.97 Å². The molecule has 0 unspecified atom stereocenters. The summed E-state index contributed by atoms with van der Waals surface area (Å²) < 4.78 is 0. The molecule has 2 aromatic rings. The average molecular weight is 445 g/mol. The number of nitrogens with zero attached hydrogens (tertiary/aromatic N) is 1. The molecule has 1 amide bonds. The van der Waals surface area contributed by atoms with Gasteiger partial charge in [-0.1, -0.05) is 61.3 Å². The summed E-state index contributed by atoms with van der Waals surface area (Å²) in [6.07, 6.45) is 4.11. The normalized spacial score (nSPS) is 15.2. The van der Waals surface area contributed by atoms with Crippen LogP contribution in [0, 0.1) is 12.0 Å². The van der Waals surface area contributed by atoms with E-state index in [1.165, 1.54) is 11.6 Å². The van der Waals surface area contributed by atoms with Crippen molar-refractivity contribution in [2.45, 2.75) is 32.6 Å². The lowest BCUT2D eigenvalue weighted by atomic mass is 9.90. The van der Waals surface area contributed by atoms with E-state index >= 15 is 0 Å². The van der Waals surface area contributed by atoms with E-state index in [0.717, 1.165) is 11.1 Å². The van der Waals surface area contributed by atoms with Crippen LogP contribution < -0.4 is 0 Å². The first-order chi connectivity index (χ1) is 14.3. The minimum Gasteiger partial charge on any atom is -0.481 e. The lowest BCUT2D eigenvalue weighted by Crippen LogP contribution is -2.39. The smallest absolute Gasteiger partial charge is 0.306 e. The van der Waals surface area contributed by atoms with Crippen molar-refractivity contribution in [1.29, 1.82) is 0 Å². The van der Waals surface area contributed by atoms with Gasteiger partial charge in [0.1, 0.15) is 0 Å². The number of carbonyl (C=O) groups excluding carboxylic acids is 1. The Hall–Kier alpha value is -2.30. The molecule has 0 saturated carbocycles. The van der Waals surface area contributed by atoms with Gasteiger partial charge in [0.15, 0.2) is 0 Å². The molecule has 0 aromatic heterocycles. The summed E-state index contributed by atoms with van der Waals surface area (Å²) in [6, 6.07) is 12.9. The number of piperidine rings is 1. The highest BCUT2D eigenvalue weighted by molar-refractivity contribution is 6.43. The van der Waals surface area contributed by atoms with Crippen LogP contribution >= 0.6 is 23.2 Å². The Morgan fingerprint density at radius 3 is 2.47 bits per heavy atom. The topological polar surface area (TPSA) is 57.6 Å². The molecule has 0 aliphatic carbocycles. The lowest BCUT2D eigenvalue weighted by Gasteiger charge is -2.29. The molecular weight excluding hydrogens is 421 g/mol. The number of benzene rings is 2. The first kappa shape index (κ1) is 22.4. The summed E-state index contributed by atoms with van der Waals surface area (Å²) in [4.78, 5) is 25.5. The van der Waals surface area contributed by atoms with Crippen LogP contribution in [0.5, 0.6) is 0 Å². The fourth-order valence-electron chi connectivity index (χ4n) is 3.75. The van der Waals surface area contributed by atoms with E-state index in [0.29, 0.717) is 47.5 Å². The van der Waals surface area contributed by atoms with Crippen LogP contribution in [0.25, 0.3) is 17.2 Å². The maximum Gasteiger partial charge on any atom is 0.306 e. The van der Waals surface area contributed by atoms with Crippen LogP contribution in [0.3, 0.4) is 0 Å². The van der Waals surface area contributed by atoms with Gasteiger partial charge in [0.2, 0.25) is 5.91 Å². The lowest BCUT2D eigenvalue weighted by molar-refractivity contribution is -0.144. The highest BCUT2D eigenvalue weighted by atomic mass is 35.5. The number of hydrogen-bond acceptors (Lipinski definition) is 2. The first-order valence-corrected chi connectivity index (χ1v) is 10.7. The van der Waals surface area contributed by atoms with Crippen molar-refractivity contribution in [3.8, 4) is 11.1 Å². The van der Waals surface area contributed by atoms with Crippen LogP contribution in [0.2, 0.25) is 10.0 Å². The van der Waals surface area contributed by atoms with E-state index in [4.69, 9.17) is 28.3 Å². The number of aliphatic carboxylic acids is 1. The summed E-state index contributed by atoms with van der Waals surface area (Å²) in [5, 5.41) is 9.78. The molecule has 0 bridgehead atoms. The number of carboxylic acid groups (broad SMARTS) is 1. The van der Waals surface area contributed by atoms with Crippen molar-refractivity contribution >= 4 is 41.2 Å². The molecule has 1 aliphatic rings. The Kier molecular flexibility index (Phi) is 7.22. The Morgan fingerprint density at radius 2 is 1.83 bits per heavy atom. The highest BCUT2D eigenvalue weighted by Crippen LogP contribution is 2.38. The molecule has 1 aliphatic heterocycles. The molecule has 1 saturated heterocycles. The third-order valence-corrected chi connectivity index (χ3v) is 6.27. The van der Waals surface area contributed by atoms with Gasteiger partial charge in [0, 0.05) is 30.8 Å². The van der Waals surface area contributed by atoms with Gasteiger partial charge in [-0.3, -0.25) is 9.59 Å². The van der Waals surface area contributed by atoms with Gasteiger partial charge in [0.05, 0.1) is 16.0 Å². The van der Waals surface area contributed by atoms with Crippen molar-refractivity contribution in [3.05, 3.63) is 63.6 Å². The molecule has 157 valence electrons. The maximum absolute atomic E-state index is 12.7. The van der Waals surface area contributed by atoms with E-state index in [1.54, 1.807) is 17.0 Å². The SMILES string of the molecule is CC(C)c1ccccc1-c1c[c]c(Cl)c(Cl)c1/C=C/C(=O)N1CCC(C(=O)O)CC1. The minimum atomic E-state index is -0.798. The second-order valence-corrected chi connectivity index (χ2v) is 8.51. The quantitative estimate of drug-likeness (QED) is 0.582. The van der Waals surface area contributed by atoms with Crippen molar-refractivity contribution in [3.63, 3.8) is 0 Å². The van der Waals surface area contributed by atoms with Gasteiger partial charge in [-0.2, -0.15) is 0 Å². The zero-order valence-corrected chi connectivity index (χ0v) is 18.5. The molecular formula is C24H24Cl2NO3. The number of likely N-dealkylation sites (tertiary alicyclic amines) is 1. The summed E-state index contributed by atoms with van der Waals surface area (Å²) >= 11 is 12.7. The third-order valence-electron chi connectivity index (χ3n) is 5.48. The molecule has 0 spiro atoms. The second kappa shape index (κ2) is 9.67. The van der Waals surface area contributed by atoms with Crippen LogP contribution in [0.15, 0.2) is 36.4 Å². The predicted octanol–water partition coefficient (Wildman–Crippen LogP) is 5.92. The molecule has 1 heterocycles. The molecule has 1 radical (unpaired) electrons. The van der Waals surface area contributed by atoms with E-state index in [1.807, 2.05) is 18.2 Å². The Labute approximate surface area is 187 Å². The van der Waals surface area contributed by atoms with Gasteiger partial charge in [0.25, 0.3) is 0 Å². The van der Waals surface area contributed by atoms with Crippen LogP contribution in [-0.4, -0.2) is 35.0 Å². The van der Waals surface area contributed by atoms with Gasteiger partial charge in [-0.15, -0.1) is 0 Å². The number of rotatable bonds is 5. The minimum absolute atomic E-state index is 0.165. The van der Waals surface area contributed by atoms with Crippen molar-refractivity contribution in [1.82, 2.24) is 4.90 Å². The standard InChI is InChI=1S/C24H24Cl2NO3/c1-15(2)17-5-3-4-6-18(17)19-7-9-21(25)23(26)20(19)8-10-22(28)27-13-11-16(12-14-27)24(29)30/h3-8,10,15-16H,11-14H2,1-2H3,(H,29,30)/b10-8+. The molecule has 3 rings (SSSR count). The Morgan fingerprint density at radius 1 is 1.17 bits per heavy atom. The fourth-order valence-corrected chi connectivity index (χ4v) is 4.13. The van der Waals surface area contributed by atoms with Crippen molar-refractivity contribution in [2.75, 3.05) is 13.1 Å². The molecule has 0 atom stereocenters. The number of amides is 1. The first-order valence-electron chi connectivity index (χ1n) is 9.98. The zero-order valence-electron chi connectivity index (χ0n) is 17.0. The van der Waals surface area contributed by atoms with Gasteiger partial charge >= 0.3 is 5.97 Å². The summed E-state index contributed by atoms with van der Waals surface area (Å²) in [5.74, 6) is -1.03. The maximum atomic E-state index is 12.7. The van der Waals surface area contributed by atoms with E-state index in [-0.39, 0.29) is 11.8 Å². The molecule has 4 nitrogen and oxygen atoms in total. The average Bonchev–Trinajstić information content (AvgIpc) is 2.74. The Bertz CT molecular complexity index is 976. The van der Waals surface area contributed by atoms with Crippen LogP contribution in [-0.2, 0) is 9.59 Å². The van der Waals surface area contributed by atoms with Crippen molar-refractivity contribution < 1.29 is 14.7 Å². The zero-order chi connectivity index (χ0) is 21.8. The summed E-state index contributed by atoms with van der Waals surface area (Å²) in [7, 11) is 0. The summed E-state index contributed by atoms with van der Waals surface area (Å²) in [6.45, 7) is 5.11. The highest BCUT2D eigenvalue weighted by Gasteiger charge is 2.26. The largest absolute Gasteiger partial charge is 0.481 e. The number of halogens is 2. The third kappa shape index (κ3) is 4.88. The Balaban J connectivity index is 1.90. The van der Waals surface area contributed by atoms with Crippen LogP contribution in [0.1, 0.15) is 43.7 Å². The van der Waals surface area contributed by atoms with Gasteiger partial charge < -0.3 is 10.0 Å². The fraction of sp³-hybridized carbons (Fsp3) is 0.333. The van der Waals surface area contributed by atoms with E-state index in [2.05, 4.69) is 26.0 Å². The number of carbonyl (C=O) groups is 2. The number of hydrogen-bond donors (Lipinski definition) is 1. The molecule has 30 heavy (non-hydrogen) atoms. The van der Waals surface area contributed by atoms with Gasteiger partial charge in [-0.05, 0) is 47.6 Å². The van der Waals surface area contributed by atoms with Crippen molar-refractivity contribution in [2.24, 2.45) is 5.92 Å². The molecule has 1 fully saturated rings. The summed E-state index contributed by atoms with van der Waals surface area (Å²) in [5.41, 5.74) is 3.72. The molecule has 6 heteroatoms. The van der Waals surface area contributed by atoms with Crippen LogP contribution in [0.4, 0.5) is 0 Å². The predicted molar refractivity (Wildman–Crippen MR) is 121 cm³/mol. The number of carboxylic acids is 1.